The fraction of sp³-hybridized carbons (Fsp3) is 0.417. The first-order valence-electron chi connectivity index (χ1n) is 5.84. The molecule has 1 aromatic rings. The van der Waals surface area contributed by atoms with Crippen LogP contribution in [0, 0.1) is 0 Å². The summed E-state index contributed by atoms with van der Waals surface area (Å²) in [5.74, 6) is 0.620. The van der Waals surface area contributed by atoms with Gasteiger partial charge in [-0.3, -0.25) is 4.79 Å². The summed E-state index contributed by atoms with van der Waals surface area (Å²) in [5, 5.41) is 2.78. The van der Waals surface area contributed by atoms with E-state index in [0.717, 1.165) is 11.8 Å². The molecule has 0 aliphatic carbocycles. The Balaban J connectivity index is 1.96. The van der Waals surface area contributed by atoms with Crippen LogP contribution in [0.15, 0.2) is 30.3 Å². The third-order valence-electron chi connectivity index (χ3n) is 2.88. The van der Waals surface area contributed by atoms with Crippen LogP contribution in [0.4, 0.5) is 0 Å². The van der Waals surface area contributed by atoms with E-state index in [1.54, 1.807) is 0 Å². The number of hydrogen-bond donors (Lipinski definition) is 1. The van der Waals surface area contributed by atoms with E-state index in [-0.39, 0.29) is 5.91 Å². The molecule has 5 nitrogen and oxygen atoms in total. The van der Waals surface area contributed by atoms with Crippen molar-refractivity contribution in [3.05, 3.63) is 35.9 Å². The zero-order valence-corrected chi connectivity index (χ0v) is 12.2. The van der Waals surface area contributed by atoms with Gasteiger partial charge in [0.1, 0.15) is 6.04 Å². The minimum atomic E-state index is -3.33. The van der Waals surface area contributed by atoms with Gasteiger partial charge in [0.05, 0.1) is 12.1 Å². The van der Waals surface area contributed by atoms with E-state index in [0.29, 0.717) is 18.2 Å². The van der Waals surface area contributed by atoms with Crippen LogP contribution < -0.4 is 5.32 Å². The number of nitrogens with one attached hydrogen (secondary N) is 1. The quantitative estimate of drug-likeness (QED) is 0.886. The Bertz CT molecular complexity index is 545. The van der Waals surface area contributed by atoms with Crippen LogP contribution in [-0.4, -0.2) is 42.6 Å². The van der Waals surface area contributed by atoms with Crippen molar-refractivity contribution >= 4 is 27.7 Å². The van der Waals surface area contributed by atoms with Crippen LogP contribution in [-0.2, 0) is 21.4 Å². The maximum atomic E-state index is 12.0. The van der Waals surface area contributed by atoms with Gasteiger partial charge < -0.3 is 5.32 Å². The lowest BCUT2D eigenvalue weighted by Crippen LogP contribution is -2.46. The van der Waals surface area contributed by atoms with Crippen molar-refractivity contribution in [2.45, 2.75) is 12.6 Å². The lowest BCUT2D eigenvalue weighted by molar-refractivity contribution is -0.123. The normalized spacial score (nSPS) is 20.4. The van der Waals surface area contributed by atoms with Crippen LogP contribution in [0.1, 0.15) is 5.56 Å². The Labute approximate surface area is 117 Å². The molecule has 1 saturated heterocycles. The predicted octanol–water partition coefficient (Wildman–Crippen LogP) is 0.637. The van der Waals surface area contributed by atoms with Crippen molar-refractivity contribution in [2.24, 2.45) is 0 Å². The van der Waals surface area contributed by atoms with Gasteiger partial charge in [0.25, 0.3) is 0 Å². The average Bonchev–Trinajstić information content (AvgIpc) is 2.86. The first-order valence-corrected chi connectivity index (χ1v) is 8.85. The van der Waals surface area contributed by atoms with Crippen molar-refractivity contribution in [1.82, 2.24) is 9.62 Å². The minimum Gasteiger partial charge on any atom is -0.351 e. The number of hydrogen-bond acceptors (Lipinski definition) is 4. The molecule has 1 aliphatic rings. The summed E-state index contributed by atoms with van der Waals surface area (Å²) < 4.78 is 24.4. The summed E-state index contributed by atoms with van der Waals surface area (Å²) in [4.78, 5) is 12.0. The molecule has 0 saturated carbocycles. The monoisotopic (exact) mass is 300 g/mol. The first kappa shape index (κ1) is 14.4. The molecule has 19 heavy (non-hydrogen) atoms. The largest absolute Gasteiger partial charge is 0.351 e. The summed E-state index contributed by atoms with van der Waals surface area (Å²) in [6.45, 7) is 0.415. The SMILES string of the molecule is CS(=O)(=O)N1CSCC1C(=O)NCc1ccccc1. The molecule has 1 atom stereocenters. The van der Waals surface area contributed by atoms with Crippen molar-refractivity contribution < 1.29 is 13.2 Å². The van der Waals surface area contributed by atoms with E-state index in [9.17, 15) is 13.2 Å². The molecular weight excluding hydrogens is 284 g/mol. The Hall–Kier alpha value is -1.05. The van der Waals surface area contributed by atoms with Gasteiger partial charge in [0, 0.05) is 12.3 Å². The van der Waals surface area contributed by atoms with Crippen LogP contribution >= 0.6 is 11.8 Å². The second-order valence-corrected chi connectivity index (χ2v) is 7.30. The molecule has 1 fully saturated rings. The van der Waals surface area contributed by atoms with Crippen LogP contribution in [0.5, 0.6) is 0 Å². The summed E-state index contributed by atoms with van der Waals surface area (Å²) in [6, 6.07) is 8.94. The van der Waals surface area contributed by atoms with E-state index in [1.807, 2.05) is 30.3 Å². The number of nitrogens with zero attached hydrogens (tertiary/aromatic N) is 1. The van der Waals surface area contributed by atoms with Crippen molar-refractivity contribution in [2.75, 3.05) is 17.9 Å². The molecule has 1 amide bonds. The Morgan fingerprint density at radius 1 is 1.42 bits per heavy atom. The highest BCUT2D eigenvalue weighted by Gasteiger charge is 2.36. The number of benzene rings is 1. The molecule has 7 heteroatoms. The van der Waals surface area contributed by atoms with Gasteiger partial charge in [0.2, 0.25) is 15.9 Å². The van der Waals surface area contributed by atoms with E-state index < -0.39 is 16.1 Å². The van der Waals surface area contributed by atoms with Gasteiger partial charge in [-0.25, -0.2) is 8.42 Å². The molecular formula is C12H16N2O3S2. The molecule has 1 unspecified atom stereocenters. The van der Waals surface area contributed by atoms with E-state index in [4.69, 9.17) is 0 Å². The van der Waals surface area contributed by atoms with Gasteiger partial charge in [-0.1, -0.05) is 30.3 Å². The molecule has 0 spiro atoms. The molecule has 2 rings (SSSR count). The number of thioether (sulfide) groups is 1. The lowest BCUT2D eigenvalue weighted by atomic mass is 10.2. The number of rotatable bonds is 4. The van der Waals surface area contributed by atoms with Crippen LogP contribution in [0.2, 0.25) is 0 Å². The van der Waals surface area contributed by atoms with Gasteiger partial charge in [-0.15, -0.1) is 11.8 Å². The second-order valence-electron chi connectivity index (χ2n) is 4.37. The standard InChI is InChI=1S/C12H16N2O3S2/c1-19(16,17)14-9-18-8-11(14)12(15)13-7-10-5-3-2-4-6-10/h2-6,11H,7-9H2,1H3,(H,13,15). The zero-order valence-electron chi connectivity index (χ0n) is 10.6. The van der Waals surface area contributed by atoms with Gasteiger partial charge in [0.15, 0.2) is 0 Å². The molecule has 0 aromatic heterocycles. The molecule has 1 heterocycles. The van der Waals surface area contributed by atoms with E-state index >= 15 is 0 Å². The highest BCUT2D eigenvalue weighted by molar-refractivity contribution is 8.00. The number of sulfonamides is 1. The summed E-state index contributed by atoms with van der Waals surface area (Å²) in [6.07, 6.45) is 1.14. The van der Waals surface area contributed by atoms with Gasteiger partial charge in [-0.2, -0.15) is 4.31 Å². The lowest BCUT2D eigenvalue weighted by Gasteiger charge is -2.20. The predicted molar refractivity (Wildman–Crippen MR) is 76.1 cm³/mol. The van der Waals surface area contributed by atoms with E-state index in [1.165, 1.54) is 16.1 Å². The van der Waals surface area contributed by atoms with Crippen molar-refractivity contribution in [3.8, 4) is 0 Å². The molecule has 1 aliphatic heterocycles. The Morgan fingerprint density at radius 3 is 2.74 bits per heavy atom. The molecule has 1 aromatic carbocycles. The van der Waals surface area contributed by atoms with Crippen LogP contribution in [0.25, 0.3) is 0 Å². The topological polar surface area (TPSA) is 66.5 Å². The number of amides is 1. The third-order valence-corrected chi connectivity index (χ3v) is 5.29. The smallest absolute Gasteiger partial charge is 0.239 e. The van der Waals surface area contributed by atoms with Gasteiger partial charge in [-0.05, 0) is 5.56 Å². The molecule has 0 bridgehead atoms. The zero-order chi connectivity index (χ0) is 13.9. The summed E-state index contributed by atoms with van der Waals surface area (Å²) >= 11 is 1.45. The fourth-order valence-electron chi connectivity index (χ4n) is 1.86. The minimum absolute atomic E-state index is 0.237. The summed E-state index contributed by atoms with van der Waals surface area (Å²) in [5.41, 5.74) is 0.993. The first-order chi connectivity index (χ1) is 8.98. The summed E-state index contributed by atoms with van der Waals surface area (Å²) in [7, 11) is -3.33. The maximum absolute atomic E-state index is 12.0. The second kappa shape index (κ2) is 5.94. The van der Waals surface area contributed by atoms with Crippen molar-refractivity contribution in [3.63, 3.8) is 0 Å². The fourth-order valence-corrected chi connectivity index (χ4v) is 4.60. The molecule has 1 N–H and O–H groups in total. The average molecular weight is 300 g/mol. The molecule has 0 radical (unpaired) electrons. The Morgan fingerprint density at radius 2 is 2.11 bits per heavy atom. The number of carbonyl (C=O) groups excluding carboxylic acids is 1. The van der Waals surface area contributed by atoms with Gasteiger partial charge >= 0.3 is 0 Å². The highest BCUT2D eigenvalue weighted by atomic mass is 32.2. The Kier molecular flexibility index (Phi) is 4.49. The van der Waals surface area contributed by atoms with Crippen LogP contribution in [0.3, 0.4) is 0 Å². The molecule has 104 valence electrons. The third kappa shape index (κ3) is 3.71. The van der Waals surface area contributed by atoms with E-state index in [2.05, 4.69) is 5.32 Å². The maximum Gasteiger partial charge on any atom is 0.239 e. The van der Waals surface area contributed by atoms with Crippen molar-refractivity contribution in [1.29, 1.82) is 0 Å². The number of carbonyl (C=O) groups is 1. The highest BCUT2D eigenvalue weighted by Crippen LogP contribution is 2.23.